The number of aryl methyl sites for hydroxylation is 1. The largest absolute Gasteiger partial charge is 0.493 e. The van der Waals surface area contributed by atoms with Crippen molar-refractivity contribution in [2.75, 3.05) is 32.2 Å². The summed E-state index contributed by atoms with van der Waals surface area (Å²) in [5.74, 6) is -0.964. The van der Waals surface area contributed by atoms with Crippen molar-refractivity contribution in [1.29, 1.82) is 0 Å². The molecular weight excluding hydrogens is 454 g/mol. The van der Waals surface area contributed by atoms with E-state index in [0.29, 0.717) is 16.6 Å². The van der Waals surface area contributed by atoms with Crippen LogP contribution < -0.4 is 14.2 Å². The lowest BCUT2D eigenvalue weighted by molar-refractivity contribution is 0.0697. The normalized spacial score (nSPS) is 11.1. The highest BCUT2D eigenvalue weighted by Crippen LogP contribution is 2.35. The number of ether oxygens (including phenoxy) is 3. The molecule has 0 atom stereocenters. The van der Waals surface area contributed by atoms with Gasteiger partial charge in [-0.3, -0.25) is 4.72 Å². The Bertz CT molecular complexity index is 976. The second-order valence-electron chi connectivity index (χ2n) is 5.71. The fraction of sp³-hybridized carbons (Fsp3) is 0.278. The molecule has 0 aliphatic heterocycles. The topological polar surface area (TPSA) is 111 Å². The van der Waals surface area contributed by atoms with Crippen LogP contribution >= 0.6 is 15.9 Å². The Balaban J connectivity index is 2.51. The number of halogens is 1. The lowest BCUT2D eigenvalue weighted by atomic mass is 10.1. The van der Waals surface area contributed by atoms with Crippen molar-refractivity contribution in [2.24, 2.45) is 0 Å². The maximum absolute atomic E-state index is 12.9. The third-order valence-electron chi connectivity index (χ3n) is 3.76. The third-order valence-corrected chi connectivity index (χ3v) is 5.76. The number of anilines is 1. The second-order valence-corrected chi connectivity index (χ2v) is 8.28. The van der Waals surface area contributed by atoms with Crippen molar-refractivity contribution in [3.8, 4) is 11.5 Å². The van der Waals surface area contributed by atoms with E-state index in [2.05, 4.69) is 20.7 Å². The van der Waals surface area contributed by atoms with Crippen LogP contribution in [0.25, 0.3) is 0 Å². The van der Waals surface area contributed by atoms with Crippen LogP contribution in [0.1, 0.15) is 15.9 Å². The summed E-state index contributed by atoms with van der Waals surface area (Å²) < 4.78 is 44.2. The number of benzene rings is 2. The Morgan fingerprint density at radius 2 is 1.86 bits per heavy atom. The van der Waals surface area contributed by atoms with Gasteiger partial charge in [0.2, 0.25) is 0 Å². The standard InChI is InChI=1S/C18H20BrNO7S/c1-11-4-5-12(19)8-17(11)28(23,24)20-14-10-16(27-7-6-25-2)15(26-3)9-13(14)18(21)22/h4-5,8-10,20H,6-7H2,1-3H3,(H,21,22). The number of carboxylic acids is 1. The number of hydrogen-bond acceptors (Lipinski definition) is 6. The van der Waals surface area contributed by atoms with E-state index in [4.69, 9.17) is 14.2 Å². The molecule has 0 unspecified atom stereocenters. The van der Waals surface area contributed by atoms with Crippen molar-refractivity contribution in [3.63, 3.8) is 0 Å². The zero-order chi connectivity index (χ0) is 20.9. The predicted molar refractivity (Wildman–Crippen MR) is 107 cm³/mol. The molecule has 2 aromatic rings. The smallest absolute Gasteiger partial charge is 0.337 e. The summed E-state index contributed by atoms with van der Waals surface area (Å²) in [6.07, 6.45) is 0. The van der Waals surface area contributed by atoms with Crippen molar-refractivity contribution in [3.05, 3.63) is 45.9 Å². The molecule has 0 aliphatic carbocycles. The van der Waals surface area contributed by atoms with E-state index in [1.54, 1.807) is 19.1 Å². The van der Waals surface area contributed by atoms with Crippen molar-refractivity contribution < 1.29 is 32.5 Å². The van der Waals surface area contributed by atoms with E-state index < -0.39 is 16.0 Å². The maximum atomic E-state index is 12.9. The number of hydrogen-bond donors (Lipinski definition) is 2. The van der Waals surface area contributed by atoms with Gasteiger partial charge in [0.25, 0.3) is 10.0 Å². The van der Waals surface area contributed by atoms with Gasteiger partial charge in [-0.15, -0.1) is 0 Å². The first-order valence-corrected chi connectivity index (χ1v) is 10.3. The molecule has 0 radical (unpaired) electrons. The van der Waals surface area contributed by atoms with Gasteiger partial charge in [0.1, 0.15) is 6.61 Å². The summed E-state index contributed by atoms with van der Waals surface area (Å²) in [6, 6.07) is 7.28. The first-order chi connectivity index (χ1) is 13.2. The van der Waals surface area contributed by atoms with Gasteiger partial charge in [-0.1, -0.05) is 22.0 Å². The zero-order valence-corrected chi connectivity index (χ0v) is 17.9. The molecule has 0 bridgehead atoms. The van der Waals surface area contributed by atoms with E-state index in [9.17, 15) is 18.3 Å². The lowest BCUT2D eigenvalue weighted by Crippen LogP contribution is -2.17. The molecule has 10 heteroatoms. The zero-order valence-electron chi connectivity index (χ0n) is 15.5. The third kappa shape index (κ3) is 5.15. The molecule has 0 saturated carbocycles. The highest BCUT2D eigenvalue weighted by Gasteiger charge is 2.23. The number of aromatic carboxylic acids is 1. The SMILES string of the molecule is COCCOc1cc(NS(=O)(=O)c2cc(Br)ccc2C)c(C(=O)O)cc1OC. The van der Waals surface area contributed by atoms with Crippen molar-refractivity contribution in [1.82, 2.24) is 0 Å². The number of carbonyl (C=O) groups is 1. The molecule has 0 amide bonds. The van der Waals surface area contributed by atoms with Crippen LogP contribution in [0.2, 0.25) is 0 Å². The maximum Gasteiger partial charge on any atom is 0.337 e. The van der Waals surface area contributed by atoms with Crippen LogP contribution in [0.5, 0.6) is 11.5 Å². The summed E-state index contributed by atoms with van der Waals surface area (Å²) in [7, 11) is -1.18. The quantitative estimate of drug-likeness (QED) is 0.537. The summed E-state index contributed by atoms with van der Waals surface area (Å²) >= 11 is 3.24. The minimum Gasteiger partial charge on any atom is -0.493 e. The monoisotopic (exact) mass is 473 g/mol. The highest BCUT2D eigenvalue weighted by atomic mass is 79.9. The van der Waals surface area contributed by atoms with Gasteiger partial charge in [0.05, 0.1) is 29.9 Å². The molecule has 8 nitrogen and oxygen atoms in total. The van der Waals surface area contributed by atoms with Crippen LogP contribution in [-0.2, 0) is 14.8 Å². The van der Waals surface area contributed by atoms with Gasteiger partial charge >= 0.3 is 5.97 Å². The Morgan fingerprint density at radius 3 is 2.46 bits per heavy atom. The molecule has 0 heterocycles. The van der Waals surface area contributed by atoms with E-state index in [0.717, 1.165) is 0 Å². The summed E-state index contributed by atoms with van der Waals surface area (Å²) in [5, 5.41) is 9.50. The number of carboxylic acid groups (broad SMARTS) is 1. The molecular formula is C18H20BrNO7S. The molecule has 0 spiro atoms. The predicted octanol–water partition coefficient (Wildman–Crippen LogP) is 3.29. The molecule has 0 fully saturated rings. The molecule has 0 saturated heterocycles. The van der Waals surface area contributed by atoms with Gasteiger partial charge in [0.15, 0.2) is 11.5 Å². The van der Waals surface area contributed by atoms with Crippen LogP contribution in [0.4, 0.5) is 5.69 Å². The second kappa shape index (κ2) is 9.26. The number of sulfonamides is 1. The lowest BCUT2D eigenvalue weighted by Gasteiger charge is -2.16. The fourth-order valence-electron chi connectivity index (χ4n) is 2.39. The average Bonchev–Trinajstić information content (AvgIpc) is 2.63. The van der Waals surface area contributed by atoms with E-state index in [-0.39, 0.29) is 34.3 Å². The number of rotatable bonds is 9. The van der Waals surface area contributed by atoms with Crippen LogP contribution in [0.3, 0.4) is 0 Å². The number of nitrogens with one attached hydrogen (secondary N) is 1. The molecule has 2 rings (SSSR count). The average molecular weight is 474 g/mol. The van der Waals surface area contributed by atoms with Gasteiger partial charge in [-0.25, -0.2) is 13.2 Å². The Hall–Kier alpha value is -2.30. The van der Waals surface area contributed by atoms with Crippen molar-refractivity contribution >= 4 is 37.6 Å². The summed E-state index contributed by atoms with van der Waals surface area (Å²) in [4.78, 5) is 11.7. The van der Waals surface area contributed by atoms with Gasteiger partial charge in [-0.2, -0.15) is 0 Å². The number of methoxy groups -OCH3 is 2. The molecule has 2 aromatic carbocycles. The Labute approximate surface area is 171 Å². The molecule has 0 aromatic heterocycles. The van der Waals surface area contributed by atoms with E-state index in [1.807, 2.05) is 0 Å². The Kier molecular flexibility index (Phi) is 7.28. The van der Waals surface area contributed by atoms with Gasteiger partial charge in [0, 0.05) is 23.7 Å². The first-order valence-electron chi connectivity index (χ1n) is 8.05. The molecule has 2 N–H and O–H groups in total. The molecule has 0 aliphatic rings. The minimum atomic E-state index is -4.05. The summed E-state index contributed by atoms with van der Waals surface area (Å²) in [5.41, 5.74) is 0.102. The van der Waals surface area contributed by atoms with Crippen LogP contribution in [-0.4, -0.2) is 46.9 Å². The molecule has 28 heavy (non-hydrogen) atoms. The Morgan fingerprint density at radius 1 is 1.14 bits per heavy atom. The first kappa shape index (κ1) is 22.0. The van der Waals surface area contributed by atoms with Gasteiger partial charge in [-0.05, 0) is 24.6 Å². The van der Waals surface area contributed by atoms with Gasteiger partial charge < -0.3 is 19.3 Å². The molecule has 152 valence electrons. The fourth-order valence-corrected chi connectivity index (χ4v) is 4.25. The van der Waals surface area contributed by atoms with Crippen molar-refractivity contribution in [2.45, 2.75) is 11.8 Å². The van der Waals surface area contributed by atoms with E-state index >= 15 is 0 Å². The van der Waals surface area contributed by atoms with Crippen LogP contribution in [0.15, 0.2) is 39.7 Å². The highest BCUT2D eigenvalue weighted by molar-refractivity contribution is 9.10. The summed E-state index contributed by atoms with van der Waals surface area (Å²) in [6.45, 7) is 2.12. The minimum absolute atomic E-state index is 0.0240. The van der Waals surface area contributed by atoms with E-state index in [1.165, 1.54) is 32.4 Å². The van der Waals surface area contributed by atoms with Crippen LogP contribution in [0, 0.1) is 6.92 Å².